The molecule has 0 heterocycles. The average Bonchev–Trinajstić information content (AvgIpc) is 3.28. The summed E-state index contributed by atoms with van der Waals surface area (Å²) in [5, 5.41) is 7.68. The first-order chi connectivity index (χ1) is 10.7. The van der Waals surface area contributed by atoms with Crippen LogP contribution in [0.15, 0.2) is 36.9 Å². The van der Waals surface area contributed by atoms with Gasteiger partial charge in [-0.3, -0.25) is 0 Å². The van der Waals surface area contributed by atoms with Crippen LogP contribution in [0.3, 0.4) is 0 Å². The smallest absolute Gasteiger partial charge is 0.171 e. The number of hydrogen-bond acceptors (Lipinski definition) is 2. The van der Waals surface area contributed by atoms with Gasteiger partial charge in [0.05, 0.1) is 0 Å². The first kappa shape index (κ1) is 15.3. The van der Waals surface area contributed by atoms with Gasteiger partial charge >= 0.3 is 0 Å². The molecule has 2 saturated carbocycles. The molecule has 2 N–H and O–H groups in total. The van der Waals surface area contributed by atoms with Crippen molar-refractivity contribution in [1.29, 1.82) is 0 Å². The predicted molar refractivity (Wildman–Crippen MR) is 95.4 cm³/mol. The van der Waals surface area contributed by atoms with E-state index < -0.39 is 0 Å². The van der Waals surface area contributed by atoms with E-state index in [1.165, 1.54) is 38.5 Å². The topological polar surface area (TPSA) is 33.3 Å². The summed E-state index contributed by atoms with van der Waals surface area (Å²) in [5.74, 6) is 1.67. The highest BCUT2D eigenvalue weighted by Crippen LogP contribution is 2.48. The molecular weight excluding hydrogens is 292 g/mol. The predicted octanol–water partition coefficient (Wildman–Crippen LogP) is 4.26. The van der Waals surface area contributed by atoms with Gasteiger partial charge in [-0.2, -0.15) is 0 Å². The maximum Gasteiger partial charge on any atom is 0.171 e. The van der Waals surface area contributed by atoms with Crippen LogP contribution in [0.25, 0.3) is 0 Å². The fourth-order valence-corrected chi connectivity index (χ4v) is 3.78. The summed E-state index contributed by atoms with van der Waals surface area (Å²) in [5.41, 5.74) is 1.25. The number of thiocarbonyl (C=S) groups is 1. The van der Waals surface area contributed by atoms with Crippen LogP contribution in [0.2, 0.25) is 0 Å². The normalized spacial score (nSPS) is 19.5. The third-order valence-corrected chi connectivity index (χ3v) is 4.90. The van der Waals surface area contributed by atoms with Gasteiger partial charge in [-0.05, 0) is 68.1 Å². The van der Waals surface area contributed by atoms with Gasteiger partial charge in [-0.25, -0.2) is 0 Å². The molecule has 0 radical (unpaired) electrons. The molecule has 2 aliphatic rings. The molecule has 1 aromatic rings. The van der Waals surface area contributed by atoms with E-state index >= 15 is 0 Å². The number of ether oxygens (including phenoxy) is 1. The van der Waals surface area contributed by atoms with Crippen LogP contribution in [0.1, 0.15) is 38.5 Å². The number of benzene rings is 1. The van der Waals surface area contributed by atoms with Gasteiger partial charge in [0.1, 0.15) is 12.4 Å². The van der Waals surface area contributed by atoms with Crippen LogP contribution >= 0.6 is 12.2 Å². The fraction of sp³-hybridized carbons (Fsp3) is 0.500. The second kappa shape index (κ2) is 6.69. The maximum atomic E-state index is 5.53. The van der Waals surface area contributed by atoms with Gasteiger partial charge in [-0.1, -0.05) is 25.5 Å². The molecule has 0 unspecified atom stereocenters. The summed E-state index contributed by atoms with van der Waals surface area (Å²) < 4.78 is 5.48. The van der Waals surface area contributed by atoms with Crippen LogP contribution in [0.5, 0.6) is 5.75 Å². The first-order valence-corrected chi connectivity index (χ1v) is 8.56. The molecule has 118 valence electrons. The van der Waals surface area contributed by atoms with Crippen molar-refractivity contribution in [2.24, 2.45) is 5.92 Å². The van der Waals surface area contributed by atoms with Crippen molar-refractivity contribution in [2.45, 2.75) is 44.1 Å². The van der Waals surface area contributed by atoms with Gasteiger partial charge in [0.2, 0.25) is 0 Å². The molecule has 3 nitrogen and oxygen atoms in total. The Morgan fingerprint density at radius 3 is 2.55 bits per heavy atom. The molecule has 0 saturated heterocycles. The number of rotatable bonds is 6. The summed E-state index contributed by atoms with van der Waals surface area (Å²) in [6.45, 7) is 4.17. The number of nitrogens with one attached hydrogen (secondary N) is 2. The molecule has 0 bridgehead atoms. The zero-order valence-electron chi connectivity index (χ0n) is 12.9. The van der Waals surface area contributed by atoms with E-state index in [-0.39, 0.29) is 5.54 Å². The molecule has 2 aliphatic carbocycles. The Balaban J connectivity index is 1.56. The summed E-state index contributed by atoms with van der Waals surface area (Å²) in [6, 6.07) is 7.87. The molecule has 2 fully saturated rings. The Labute approximate surface area is 138 Å². The number of anilines is 1. The standard InChI is InChI=1S/C18H24N2OS/c1-2-13-21-16-9-7-15(8-10-16)19-17(22)20-18(14-5-6-14)11-3-4-12-18/h2,7-10,14H,1,3-6,11-13H2,(H2,19,20,22). The second-order valence-electron chi connectivity index (χ2n) is 6.34. The molecule has 0 atom stereocenters. The lowest BCUT2D eigenvalue weighted by molar-refractivity contribution is 0.340. The summed E-state index contributed by atoms with van der Waals surface area (Å²) in [6.07, 6.45) is 9.60. The van der Waals surface area contributed by atoms with Crippen molar-refractivity contribution < 1.29 is 4.74 Å². The summed E-state index contributed by atoms with van der Waals surface area (Å²) in [7, 11) is 0. The van der Waals surface area contributed by atoms with E-state index in [4.69, 9.17) is 17.0 Å². The quantitative estimate of drug-likeness (QED) is 0.607. The molecular formula is C18H24N2OS. The molecule has 0 aromatic heterocycles. The maximum absolute atomic E-state index is 5.53. The fourth-order valence-electron chi connectivity index (χ4n) is 3.46. The van der Waals surface area contributed by atoms with Crippen LogP contribution in [0.4, 0.5) is 5.69 Å². The van der Waals surface area contributed by atoms with Crippen molar-refractivity contribution in [3.8, 4) is 5.75 Å². The van der Waals surface area contributed by atoms with E-state index in [0.717, 1.165) is 22.5 Å². The van der Waals surface area contributed by atoms with Crippen molar-refractivity contribution in [2.75, 3.05) is 11.9 Å². The summed E-state index contributed by atoms with van der Waals surface area (Å²) in [4.78, 5) is 0. The highest BCUT2D eigenvalue weighted by atomic mass is 32.1. The lowest BCUT2D eigenvalue weighted by atomic mass is 9.91. The van der Waals surface area contributed by atoms with Crippen LogP contribution < -0.4 is 15.4 Å². The van der Waals surface area contributed by atoms with E-state index in [1.54, 1.807) is 6.08 Å². The Bertz CT molecular complexity index is 531. The largest absolute Gasteiger partial charge is 0.490 e. The third-order valence-electron chi connectivity index (χ3n) is 4.70. The van der Waals surface area contributed by atoms with Crippen LogP contribution in [-0.2, 0) is 0 Å². The SMILES string of the molecule is C=CCOc1ccc(NC(=S)NC2(C3CC3)CCCC2)cc1. The van der Waals surface area contributed by atoms with E-state index in [0.29, 0.717) is 6.61 Å². The monoisotopic (exact) mass is 316 g/mol. The second-order valence-corrected chi connectivity index (χ2v) is 6.75. The van der Waals surface area contributed by atoms with Gasteiger partial charge < -0.3 is 15.4 Å². The van der Waals surface area contributed by atoms with Crippen LogP contribution in [-0.4, -0.2) is 17.3 Å². The Morgan fingerprint density at radius 1 is 1.27 bits per heavy atom. The van der Waals surface area contributed by atoms with Crippen molar-refractivity contribution >= 4 is 23.0 Å². The Morgan fingerprint density at radius 2 is 1.95 bits per heavy atom. The zero-order chi connectivity index (χ0) is 15.4. The molecule has 1 aromatic carbocycles. The van der Waals surface area contributed by atoms with Crippen molar-refractivity contribution in [3.05, 3.63) is 36.9 Å². The molecule has 3 rings (SSSR count). The van der Waals surface area contributed by atoms with Gasteiger partial charge in [-0.15, -0.1) is 0 Å². The average molecular weight is 316 g/mol. The molecule has 0 amide bonds. The summed E-state index contributed by atoms with van der Waals surface area (Å²) >= 11 is 5.53. The van der Waals surface area contributed by atoms with Gasteiger partial charge in [0, 0.05) is 11.2 Å². The Hall–Kier alpha value is -1.55. The Kier molecular flexibility index (Phi) is 4.67. The molecule has 0 spiro atoms. The molecule has 0 aliphatic heterocycles. The lowest BCUT2D eigenvalue weighted by Gasteiger charge is -2.32. The van der Waals surface area contributed by atoms with Crippen molar-refractivity contribution in [1.82, 2.24) is 5.32 Å². The van der Waals surface area contributed by atoms with Crippen LogP contribution in [0, 0.1) is 5.92 Å². The van der Waals surface area contributed by atoms with Crippen molar-refractivity contribution in [3.63, 3.8) is 0 Å². The van der Waals surface area contributed by atoms with E-state index in [1.807, 2.05) is 24.3 Å². The third kappa shape index (κ3) is 3.61. The minimum absolute atomic E-state index is 0.261. The molecule has 22 heavy (non-hydrogen) atoms. The van der Waals surface area contributed by atoms with Gasteiger partial charge in [0.15, 0.2) is 5.11 Å². The lowest BCUT2D eigenvalue weighted by Crippen LogP contribution is -2.49. The zero-order valence-corrected chi connectivity index (χ0v) is 13.8. The highest BCUT2D eigenvalue weighted by molar-refractivity contribution is 7.80. The molecule has 4 heteroatoms. The minimum atomic E-state index is 0.261. The highest BCUT2D eigenvalue weighted by Gasteiger charge is 2.47. The first-order valence-electron chi connectivity index (χ1n) is 8.15. The van der Waals surface area contributed by atoms with Gasteiger partial charge in [0.25, 0.3) is 0 Å². The van der Waals surface area contributed by atoms with E-state index in [9.17, 15) is 0 Å². The number of hydrogen-bond donors (Lipinski definition) is 2. The van der Waals surface area contributed by atoms with E-state index in [2.05, 4.69) is 17.2 Å². The minimum Gasteiger partial charge on any atom is -0.490 e.